The summed E-state index contributed by atoms with van der Waals surface area (Å²) in [4.78, 5) is 15.0. The number of aromatic nitrogens is 1. The third kappa shape index (κ3) is 3.43. The van der Waals surface area contributed by atoms with Gasteiger partial charge in [0.2, 0.25) is 0 Å². The van der Waals surface area contributed by atoms with Crippen molar-refractivity contribution in [3.63, 3.8) is 0 Å². The molecular weight excluding hydrogens is 377 g/mol. The lowest BCUT2D eigenvalue weighted by atomic mass is 9.99. The van der Waals surface area contributed by atoms with E-state index in [1.54, 1.807) is 30.9 Å². The third-order valence-electron chi connectivity index (χ3n) is 5.53. The van der Waals surface area contributed by atoms with Crippen molar-refractivity contribution in [1.82, 2.24) is 9.47 Å². The Morgan fingerprint density at radius 1 is 0.966 bits per heavy atom. The number of benzene rings is 2. The maximum Gasteiger partial charge on any atom is 0.418 e. The quantitative estimate of drug-likeness (QED) is 0.574. The molecule has 150 valence electrons. The Hall–Kier alpha value is -3.02. The molecule has 0 saturated carbocycles. The van der Waals surface area contributed by atoms with E-state index in [1.165, 1.54) is 22.3 Å². The number of para-hydroxylation sites is 1. The van der Waals surface area contributed by atoms with E-state index < -0.39 is 11.7 Å². The summed E-state index contributed by atoms with van der Waals surface area (Å²) in [5.41, 5.74) is 3.23. The first-order chi connectivity index (χ1) is 13.8. The van der Waals surface area contributed by atoms with E-state index in [1.807, 2.05) is 18.2 Å². The molecule has 2 aromatic carbocycles. The fraction of sp³-hybridized carbons (Fsp3) is 0.261. The molecule has 3 nitrogen and oxygen atoms in total. The van der Waals surface area contributed by atoms with Gasteiger partial charge >= 0.3 is 6.18 Å². The van der Waals surface area contributed by atoms with Gasteiger partial charge in [0.05, 0.1) is 16.8 Å². The molecule has 3 aromatic rings. The number of hydrogen-bond acceptors (Lipinski definition) is 1. The van der Waals surface area contributed by atoms with E-state index in [0.29, 0.717) is 30.0 Å². The first kappa shape index (κ1) is 19.3. The van der Waals surface area contributed by atoms with Crippen molar-refractivity contribution in [2.45, 2.75) is 33.0 Å². The Bertz CT molecular complexity index is 1080. The minimum absolute atomic E-state index is 0.0399. The van der Waals surface area contributed by atoms with Gasteiger partial charge in [-0.2, -0.15) is 13.2 Å². The molecule has 1 aromatic heterocycles. The number of carbonyl (C=O) groups excluding carboxylic acids is 1. The monoisotopic (exact) mass is 398 g/mol. The Kier molecular flexibility index (Phi) is 4.73. The third-order valence-corrected chi connectivity index (χ3v) is 5.53. The van der Waals surface area contributed by atoms with Crippen LogP contribution in [0.4, 0.5) is 13.2 Å². The number of halogens is 3. The molecule has 6 heteroatoms. The molecule has 1 aliphatic rings. The van der Waals surface area contributed by atoms with Gasteiger partial charge in [-0.15, -0.1) is 0 Å². The molecular formula is C23H21F3N2O. The Balaban J connectivity index is 1.72. The molecule has 0 aliphatic carbocycles. The van der Waals surface area contributed by atoms with Crippen LogP contribution in [-0.4, -0.2) is 21.9 Å². The van der Waals surface area contributed by atoms with Crippen LogP contribution in [-0.2, 0) is 19.1 Å². The number of alkyl halides is 3. The van der Waals surface area contributed by atoms with Crippen molar-refractivity contribution in [1.29, 1.82) is 0 Å². The molecule has 0 atom stereocenters. The maximum absolute atomic E-state index is 13.5. The molecule has 0 bridgehead atoms. The molecule has 2 heterocycles. The van der Waals surface area contributed by atoms with Crippen molar-refractivity contribution >= 4 is 5.91 Å². The van der Waals surface area contributed by atoms with Crippen molar-refractivity contribution in [2.75, 3.05) is 6.54 Å². The van der Waals surface area contributed by atoms with Gasteiger partial charge in [0.1, 0.15) is 0 Å². The van der Waals surface area contributed by atoms with Gasteiger partial charge in [-0.25, -0.2) is 0 Å². The molecule has 0 saturated heterocycles. The van der Waals surface area contributed by atoms with Gasteiger partial charge in [-0.05, 0) is 49.6 Å². The molecule has 4 rings (SSSR count). The zero-order valence-electron chi connectivity index (χ0n) is 16.3. The molecule has 0 unspecified atom stereocenters. The highest BCUT2D eigenvalue weighted by molar-refractivity contribution is 5.96. The smallest absolute Gasteiger partial charge is 0.334 e. The summed E-state index contributed by atoms with van der Waals surface area (Å²) in [7, 11) is 0. The van der Waals surface area contributed by atoms with E-state index in [0.717, 1.165) is 18.1 Å². The van der Waals surface area contributed by atoms with Crippen molar-refractivity contribution in [3.05, 3.63) is 88.2 Å². The fourth-order valence-electron chi connectivity index (χ4n) is 4.10. The minimum atomic E-state index is -4.47. The van der Waals surface area contributed by atoms with Crippen LogP contribution in [0.5, 0.6) is 0 Å². The number of carbonyl (C=O) groups is 1. The number of fused-ring (bicyclic) bond motifs is 1. The van der Waals surface area contributed by atoms with Crippen LogP contribution in [0.15, 0.2) is 54.6 Å². The second-order valence-electron chi connectivity index (χ2n) is 7.38. The highest BCUT2D eigenvalue weighted by atomic mass is 19.4. The van der Waals surface area contributed by atoms with Crippen LogP contribution < -0.4 is 0 Å². The predicted molar refractivity (Wildman–Crippen MR) is 105 cm³/mol. The summed E-state index contributed by atoms with van der Waals surface area (Å²) in [5, 5.41) is 0. The number of nitrogens with zero attached hydrogens (tertiary/aromatic N) is 2. The maximum atomic E-state index is 13.5. The largest absolute Gasteiger partial charge is 0.418 e. The van der Waals surface area contributed by atoms with Crippen LogP contribution in [0, 0.1) is 13.8 Å². The molecule has 0 fully saturated rings. The molecule has 0 radical (unpaired) electrons. The molecule has 1 amide bonds. The number of rotatable bonds is 2. The summed E-state index contributed by atoms with van der Waals surface area (Å²) >= 11 is 0. The van der Waals surface area contributed by atoms with Crippen molar-refractivity contribution in [2.24, 2.45) is 0 Å². The van der Waals surface area contributed by atoms with E-state index in [9.17, 15) is 18.0 Å². The lowest BCUT2D eigenvalue weighted by molar-refractivity contribution is -0.137. The summed E-state index contributed by atoms with van der Waals surface area (Å²) < 4.78 is 42.0. The van der Waals surface area contributed by atoms with Crippen LogP contribution in [0.2, 0.25) is 0 Å². The standard InChI is InChI=1S/C23H21F3N2O/c1-15-13-19(22(29)27-12-11-17-7-3-4-8-18(17)14-27)16(2)28(15)21-10-6-5-9-20(21)23(24,25)26/h3-10,13H,11-12,14H2,1-2H3. The van der Waals surface area contributed by atoms with Gasteiger partial charge in [0.15, 0.2) is 0 Å². The highest BCUT2D eigenvalue weighted by Crippen LogP contribution is 2.35. The van der Waals surface area contributed by atoms with Gasteiger partial charge in [0, 0.05) is 24.5 Å². The van der Waals surface area contributed by atoms with Crippen LogP contribution in [0.3, 0.4) is 0 Å². The second-order valence-corrected chi connectivity index (χ2v) is 7.38. The van der Waals surface area contributed by atoms with E-state index in [-0.39, 0.29) is 11.6 Å². The normalized spacial score (nSPS) is 14.0. The zero-order chi connectivity index (χ0) is 20.8. The molecule has 0 spiro atoms. The predicted octanol–water partition coefficient (Wildman–Crippen LogP) is 5.31. The Morgan fingerprint density at radius 2 is 1.62 bits per heavy atom. The summed E-state index contributed by atoms with van der Waals surface area (Å²) in [5.74, 6) is -0.150. The van der Waals surface area contributed by atoms with Gasteiger partial charge < -0.3 is 9.47 Å². The van der Waals surface area contributed by atoms with Crippen LogP contribution >= 0.6 is 0 Å². The second kappa shape index (κ2) is 7.10. The van der Waals surface area contributed by atoms with Crippen LogP contribution in [0.25, 0.3) is 5.69 Å². The highest BCUT2D eigenvalue weighted by Gasteiger charge is 2.35. The summed E-state index contributed by atoms with van der Waals surface area (Å²) in [6, 6.07) is 15.2. The lowest BCUT2D eigenvalue weighted by Crippen LogP contribution is -2.36. The lowest BCUT2D eigenvalue weighted by Gasteiger charge is -2.29. The minimum Gasteiger partial charge on any atom is -0.334 e. The average Bonchev–Trinajstić information content (AvgIpc) is 3.00. The first-order valence-corrected chi connectivity index (χ1v) is 9.49. The summed E-state index contributed by atoms with van der Waals surface area (Å²) in [6.07, 6.45) is -3.70. The van der Waals surface area contributed by atoms with E-state index >= 15 is 0 Å². The summed E-state index contributed by atoms with van der Waals surface area (Å²) in [6.45, 7) is 4.53. The molecule has 1 aliphatic heterocycles. The van der Waals surface area contributed by atoms with Gasteiger partial charge in [0.25, 0.3) is 5.91 Å². The van der Waals surface area contributed by atoms with Gasteiger partial charge in [-0.3, -0.25) is 4.79 Å². The van der Waals surface area contributed by atoms with Crippen molar-refractivity contribution < 1.29 is 18.0 Å². The Labute approximate surface area is 167 Å². The molecule has 0 N–H and O–H groups in total. The number of hydrogen-bond donors (Lipinski definition) is 0. The SMILES string of the molecule is Cc1cc(C(=O)N2CCc3ccccc3C2)c(C)n1-c1ccccc1C(F)(F)F. The van der Waals surface area contributed by atoms with Gasteiger partial charge in [-0.1, -0.05) is 36.4 Å². The zero-order valence-corrected chi connectivity index (χ0v) is 16.3. The topological polar surface area (TPSA) is 25.2 Å². The average molecular weight is 398 g/mol. The van der Waals surface area contributed by atoms with E-state index in [2.05, 4.69) is 6.07 Å². The number of aryl methyl sites for hydroxylation is 1. The van der Waals surface area contributed by atoms with Crippen LogP contribution in [0.1, 0.15) is 38.4 Å². The fourth-order valence-corrected chi connectivity index (χ4v) is 4.10. The Morgan fingerprint density at radius 3 is 2.34 bits per heavy atom. The number of amides is 1. The molecule has 29 heavy (non-hydrogen) atoms. The first-order valence-electron chi connectivity index (χ1n) is 9.49. The van der Waals surface area contributed by atoms with Crippen molar-refractivity contribution in [3.8, 4) is 5.69 Å². The van der Waals surface area contributed by atoms with E-state index in [4.69, 9.17) is 0 Å².